The maximum Gasteiger partial charge on any atom is 0.319 e. The number of rotatable bonds is 2. The molecule has 2 rings (SSSR count). The van der Waals surface area contributed by atoms with E-state index in [1.807, 2.05) is 6.92 Å². The summed E-state index contributed by atoms with van der Waals surface area (Å²) in [6.45, 7) is 2.62. The first kappa shape index (κ1) is 12.6. The van der Waals surface area contributed by atoms with Gasteiger partial charge in [0.1, 0.15) is 18.3 Å². The number of carbonyl (C=O) groups is 1. The third kappa shape index (κ3) is 2.23. The first-order chi connectivity index (χ1) is 8.04. The molecule has 0 aliphatic carbocycles. The number of urea groups is 1. The number of amides is 2. The Balaban J connectivity index is 2.09. The van der Waals surface area contributed by atoms with E-state index in [1.54, 1.807) is 0 Å². The zero-order valence-corrected chi connectivity index (χ0v) is 9.61. The van der Waals surface area contributed by atoms with Crippen LogP contribution in [0.3, 0.4) is 0 Å². The summed E-state index contributed by atoms with van der Waals surface area (Å²) in [4.78, 5) is 13.0. The van der Waals surface area contributed by atoms with Crippen LogP contribution in [0.1, 0.15) is 6.92 Å². The molecule has 0 saturated carbocycles. The van der Waals surface area contributed by atoms with E-state index in [4.69, 9.17) is 9.84 Å². The van der Waals surface area contributed by atoms with Gasteiger partial charge in [0, 0.05) is 13.1 Å². The Morgan fingerprint density at radius 3 is 2.76 bits per heavy atom. The molecule has 0 aromatic rings. The van der Waals surface area contributed by atoms with Gasteiger partial charge in [0.25, 0.3) is 0 Å². The van der Waals surface area contributed by atoms with Gasteiger partial charge in [-0.3, -0.25) is 4.90 Å². The van der Waals surface area contributed by atoms with Crippen LogP contribution < -0.4 is 5.32 Å². The van der Waals surface area contributed by atoms with Crippen molar-refractivity contribution in [1.82, 2.24) is 10.2 Å². The molecule has 2 aliphatic heterocycles. The predicted octanol–water partition coefficient (Wildman–Crippen LogP) is -1.91. The Labute approximate surface area is 99.0 Å². The molecule has 5 atom stereocenters. The molecule has 1 unspecified atom stereocenters. The third-order valence-corrected chi connectivity index (χ3v) is 3.20. The molecule has 2 aliphatic rings. The number of ether oxygens (including phenoxy) is 1. The van der Waals surface area contributed by atoms with Gasteiger partial charge in [-0.25, -0.2) is 4.79 Å². The monoisotopic (exact) mass is 246 g/mol. The first-order valence-electron chi connectivity index (χ1n) is 5.71. The summed E-state index contributed by atoms with van der Waals surface area (Å²) in [7, 11) is 0. The fourth-order valence-electron chi connectivity index (χ4n) is 2.20. The lowest BCUT2D eigenvalue weighted by molar-refractivity contribution is -0.0857. The molecule has 0 bridgehead atoms. The van der Waals surface area contributed by atoms with Crippen molar-refractivity contribution < 1.29 is 24.9 Å². The second kappa shape index (κ2) is 4.77. The minimum absolute atomic E-state index is 0.244. The van der Waals surface area contributed by atoms with Gasteiger partial charge in [-0.15, -0.1) is 0 Å². The van der Waals surface area contributed by atoms with Crippen molar-refractivity contribution in [3.8, 4) is 0 Å². The standard InChI is InChI=1S/C10H18N2O5/c1-5-2-11-10(16)12(3-5)9-8(15)7(14)6(4-13)17-9/h5-9,13-15H,2-4H2,1H3,(H,11,16)/t5?,6-,7+,8-,9-/m1/s1. The molecule has 4 N–H and O–H groups in total. The molecule has 0 aromatic heterocycles. The molecular formula is C10H18N2O5. The lowest BCUT2D eigenvalue weighted by atomic mass is 10.1. The number of nitrogens with one attached hydrogen (secondary N) is 1. The van der Waals surface area contributed by atoms with E-state index >= 15 is 0 Å². The smallest absolute Gasteiger partial charge is 0.319 e. The zero-order chi connectivity index (χ0) is 12.6. The lowest BCUT2D eigenvalue weighted by Gasteiger charge is -2.36. The average Bonchev–Trinajstić information content (AvgIpc) is 2.59. The Bertz CT molecular complexity index is 300. The molecule has 2 amide bonds. The van der Waals surface area contributed by atoms with Crippen LogP contribution in [-0.4, -0.2) is 70.5 Å². The zero-order valence-electron chi connectivity index (χ0n) is 9.61. The van der Waals surface area contributed by atoms with Crippen LogP contribution in [0.4, 0.5) is 4.79 Å². The molecule has 0 aromatic carbocycles. The van der Waals surface area contributed by atoms with E-state index in [0.29, 0.717) is 13.1 Å². The van der Waals surface area contributed by atoms with Crippen molar-refractivity contribution in [3.05, 3.63) is 0 Å². The summed E-state index contributed by atoms with van der Waals surface area (Å²) >= 11 is 0. The topological polar surface area (TPSA) is 102 Å². The molecule has 0 spiro atoms. The highest BCUT2D eigenvalue weighted by Crippen LogP contribution is 2.25. The number of hydrogen-bond donors (Lipinski definition) is 4. The molecular weight excluding hydrogens is 228 g/mol. The predicted molar refractivity (Wildman–Crippen MR) is 57.0 cm³/mol. The molecule has 2 saturated heterocycles. The van der Waals surface area contributed by atoms with Gasteiger partial charge in [0.2, 0.25) is 0 Å². The molecule has 98 valence electrons. The van der Waals surface area contributed by atoms with Crippen molar-refractivity contribution in [1.29, 1.82) is 0 Å². The van der Waals surface area contributed by atoms with Gasteiger partial charge in [-0.1, -0.05) is 6.92 Å². The van der Waals surface area contributed by atoms with Crippen LogP contribution >= 0.6 is 0 Å². The number of carbonyl (C=O) groups excluding carboxylic acids is 1. The number of nitrogens with zero attached hydrogens (tertiary/aromatic N) is 1. The first-order valence-corrected chi connectivity index (χ1v) is 5.71. The van der Waals surface area contributed by atoms with Crippen molar-refractivity contribution in [2.45, 2.75) is 31.5 Å². The average molecular weight is 246 g/mol. The van der Waals surface area contributed by atoms with E-state index in [2.05, 4.69) is 5.32 Å². The third-order valence-electron chi connectivity index (χ3n) is 3.20. The summed E-state index contributed by atoms with van der Waals surface area (Å²) in [6, 6.07) is -0.321. The Kier molecular flexibility index (Phi) is 3.53. The summed E-state index contributed by atoms with van der Waals surface area (Å²) in [6.07, 6.45) is -4.11. The number of hydrogen-bond acceptors (Lipinski definition) is 5. The minimum Gasteiger partial charge on any atom is -0.394 e. The molecule has 2 heterocycles. The van der Waals surface area contributed by atoms with Crippen molar-refractivity contribution in [2.75, 3.05) is 19.7 Å². The van der Waals surface area contributed by atoms with Crippen LogP contribution in [0.2, 0.25) is 0 Å². The second-order valence-electron chi connectivity index (χ2n) is 4.67. The van der Waals surface area contributed by atoms with Gasteiger partial charge >= 0.3 is 6.03 Å². The van der Waals surface area contributed by atoms with Crippen LogP contribution in [0, 0.1) is 5.92 Å². The normalized spacial score (nSPS) is 42.7. The fraction of sp³-hybridized carbons (Fsp3) is 0.900. The molecule has 7 heteroatoms. The van der Waals surface area contributed by atoms with Crippen LogP contribution in [0.15, 0.2) is 0 Å². The largest absolute Gasteiger partial charge is 0.394 e. The van der Waals surface area contributed by atoms with Gasteiger partial charge in [0.15, 0.2) is 6.23 Å². The quantitative estimate of drug-likeness (QED) is 0.455. The van der Waals surface area contributed by atoms with Crippen LogP contribution in [-0.2, 0) is 4.74 Å². The molecule has 2 fully saturated rings. The van der Waals surface area contributed by atoms with E-state index in [-0.39, 0.29) is 18.6 Å². The summed E-state index contributed by atoms with van der Waals surface area (Å²) in [5, 5.41) is 31.1. The summed E-state index contributed by atoms with van der Waals surface area (Å²) in [5.41, 5.74) is 0. The highest BCUT2D eigenvalue weighted by atomic mass is 16.6. The van der Waals surface area contributed by atoms with Gasteiger partial charge in [-0.2, -0.15) is 0 Å². The fourth-order valence-corrected chi connectivity index (χ4v) is 2.20. The highest BCUT2D eigenvalue weighted by Gasteiger charge is 2.47. The summed E-state index contributed by atoms with van der Waals surface area (Å²) < 4.78 is 5.31. The van der Waals surface area contributed by atoms with Gasteiger partial charge in [-0.05, 0) is 5.92 Å². The van der Waals surface area contributed by atoms with Gasteiger partial charge < -0.3 is 25.4 Å². The van der Waals surface area contributed by atoms with E-state index in [0.717, 1.165) is 0 Å². The van der Waals surface area contributed by atoms with E-state index in [1.165, 1.54) is 4.90 Å². The van der Waals surface area contributed by atoms with E-state index in [9.17, 15) is 15.0 Å². The molecule has 17 heavy (non-hydrogen) atoms. The van der Waals surface area contributed by atoms with Crippen LogP contribution in [0.5, 0.6) is 0 Å². The van der Waals surface area contributed by atoms with Gasteiger partial charge in [0.05, 0.1) is 6.61 Å². The van der Waals surface area contributed by atoms with Crippen LogP contribution in [0.25, 0.3) is 0 Å². The van der Waals surface area contributed by atoms with Crippen molar-refractivity contribution >= 4 is 6.03 Å². The number of aliphatic hydroxyl groups is 3. The Morgan fingerprint density at radius 1 is 1.47 bits per heavy atom. The SMILES string of the molecule is CC1CNC(=O)N([C@@H]2O[C@H](CO)[C@H](O)[C@H]2O)C1. The van der Waals surface area contributed by atoms with Crippen molar-refractivity contribution in [3.63, 3.8) is 0 Å². The minimum atomic E-state index is -1.19. The highest BCUT2D eigenvalue weighted by molar-refractivity contribution is 5.75. The molecule has 0 radical (unpaired) electrons. The number of aliphatic hydroxyl groups excluding tert-OH is 3. The summed E-state index contributed by atoms with van der Waals surface area (Å²) in [5.74, 6) is 0.244. The van der Waals surface area contributed by atoms with Crippen molar-refractivity contribution in [2.24, 2.45) is 5.92 Å². The second-order valence-corrected chi connectivity index (χ2v) is 4.67. The lowest BCUT2D eigenvalue weighted by Crippen LogP contribution is -2.57. The molecule has 7 nitrogen and oxygen atoms in total. The Morgan fingerprint density at radius 2 is 2.18 bits per heavy atom. The maximum absolute atomic E-state index is 11.7. The Hall–Kier alpha value is -0.890. The maximum atomic E-state index is 11.7. The van der Waals surface area contributed by atoms with E-state index < -0.39 is 24.5 Å².